The van der Waals surface area contributed by atoms with E-state index in [1.54, 1.807) is 0 Å². The van der Waals surface area contributed by atoms with Crippen LogP contribution in [0.2, 0.25) is 0 Å². The number of anilines is 1. The standard InChI is InChI=1S/C12H13F3N2O4S/c13-12(14,15)8-6-17(5-7(8)11(18)19)22(20,21)10-4-2-1-3-9(10)16/h1-4,7-8H,5-6,16H2,(H,18,19)/t7-,8-/m1/s1. The van der Waals surface area contributed by atoms with Gasteiger partial charge in [0.2, 0.25) is 10.0 Å². The van der Waals surface area contributed by atoms with Crippen molar-refractivity contribution in [3.8, 4) is 0 Å². The van der Waals surface area contributed by atoms with Gasteiger partial charge in [-0.25, -0.2) is 8.42 Å². The highest BCUT2D eigenvalue weighted by atomic mass is 32.2. The molecule has 122 valence electrons. The maximum absolute atomic E-state index is 12.9. The number of carboxylic acids is 1. The monoisotopic (exact) mass is 338 g/mol. The SMILES string of the molecule is Nc1ccccc1S(=O)(=O)N1C[C@@H](C(F)(F)F)[C@H](C(=O)O)C1. The topological polar surface area (TPSA) is 101 Å². The number of halogens is 3. The van der Waals surface area contributed by atoms with Crippen molar-refractivity contribution in [3.63, 3.8) is 0 Å². The molecule has 6 nitrogen and oxygen atoms in total. The molecule has 0 aliphatic carbocycles. The molecular formula is C12H13F3N2O4S. The number of nitrogen functional groups attached to an aromatic ring is 1. The van der Waals surface area contributed by atoms with Crippen LogP contribution in [0.5, 0.6) is 0 Å². The first-order valence-corrected chi connectivity index (χ1v) is 7.63. The van der Waals surface area contributed by atoms with Gasteiger partial charge in [-0.05, 0) is 12.1 Å². The number of rotatable bonds is 3. The van der Waals surface area contributed by atoms with Gasteiger partial charge in [0.25, 0.3) is 0 Å². The lowest BCUT2D eigenvalue weighted by Crippen LogP contribution is -2.34. The molecule has 0 bridgehead atoms. The third kappa shape index (κ3) is 2.88. The number of sulfonamides is 1. The van der Waals surface area contributed by atoms with E-state index in [0.717, 1.165) is 0 Å². The lowest BCUT2D eigenvalue weighted by molar-refractivity contribution is -0.187. The molecule has 1 fully saturated rings. The maximum atomic E-state index is 12.9. The van der Waals surface area contributed by atoms with Crippen molar-refractivity contribution in [2.24, 2.45) is 11.8 Å². The predicted molar refractivity (Wildman–Crippen MR) is 70.3 cm³/mol. The van der Waals surface area contributed by atoms with Gasteiger partial charge in [-0.1, -0.05) is 12.1 Å². The largest absolute Gasteiger partial charge is 0.481 e. The normalized spacial score (nSPS) is 23.6. The molecule has 1 aromatic carbocycles. The van der Waals surface area contributed by atoms with E-state index in [4.69, 9.17) is 10.8 Å². The average molecular weight is 338 g/mol. The Labute approximate surface area is 124 Å². The summed E-state index contributed by atoms with van der Waals surface area (Å²) in [5.41, 5.74) is 5.44. The Morgan fingerprint density at radius 1 is 1.27 bits per heavy atom. The molecule has 0 spiro atoms. The highest BCUT2D eigenvalue weighted by molar-refractivity contribution is 7.89. The van der Waals surface area contributed by atoms with Crippen molar-refractivity contribution in [1.29, 1.82) is 0 Å². The van der Waals surface area contributed by atoms with Gasteiger partial charge < -0.3 is 10.8 Å². The van der Waals surface area contributed by atoms with Crippen LogP contribution in [0.3, 0.4) is 0 Å². The quantitative estimate of drug-likeness (QED) is 0.805. The Morgan fingerprint density at radius 2 is 1.86 bits per heavy atom. The Bertz CT molecular complexity index is 690. The third-order valence-electron chi connectivity index (χ3n) is 3.56. The van der Waals surface area contributed by atoms with Gasteiger partial charge in [0.15, 0.2) is 0 Å². The molecule has 2 atom stereocenters. The summed E-state index contributed by atoms with van der Waals surface area (Å²) in [6, 6.07) is 5.34. The van der Waals surface area contributed by atoms with Crippen LogP contribution in [0.15, 0.2) is 29.2 Å². The predicted octanol–water partition coefficient (Wildman–Crippen LogP) is 1.15. The Hall–Kier alpha value is -1.81. The first kappa shape index (κ1) is 16.6. The smallest absolute Gasteiger partial charge is 0.393 e. The van der Waals surface area contributed by atoms with Gasteiger partial charge in [0.05, 0.1) is 17.5 Å². The number of carboxylic acid groups (broad SMARTS) is 1. The summed E-state index contributed by atoms with van der Waals surface area (Å²) in [4.78, 5) is 10.7. The molecule has 2 rings (SSSR count). The van der Waals surface area contributed by atoms with Crippen molar-refractivity contribution in [1.82, 2.24) is 4.31 Å². The molecule has 0 saturated carbocycles. The molecule has 0 radical (unpaired) electrons. The lowest BCUT2D eigenvalue weighted by Gasteiger charge is -2.19. The van der Waals surface area contributed by atoms with E-state index in [0.29, 0.717) is 4.31 Å². The summed E-state index contributed by atoms with van der Waals surface area (Å²) in [5.74, 6) is -5.76. The molecule has 10 heteroatoms. The van der Waals surface area contributed by atoms with Gasteiger partial charge in [0, 0.05) is 13.1 Å². The fourth-order valence-corrected chi connectivity index (χ4v) is 4.01. The molecule has 1 aromatic rings. The number of hydrogen-bond acceptors (Lipinski definition) is 4. The van der Waals surface area contributed by atoms with E-state index in [9.17, 15) is 26.4 Å². The molecule has 22 heavy (non-hydrogen) atoms. The second kappa shape index (κ2) is 5.43. The number of benzene rings is 1. The first-order valence-electron chi connectivity index (χ1n) is 6.19. The number of nitrogens with two attached hydrogens (primary N) is 1. The third-order valence-corrected chi connectivity index (χ3v) is 5.47. The Kier molecular flexibility index (Phi) is 4.09. The van der Waals surface area contributed by atoms with Gasteiger partial charge in [-0.3, -0.25) is 4.79 Å². The number of para-hydroxylation sites is 1. The summed E-state index contributed by atoms with van der Waals surface area (Å²) >= 11 is 0. The van der Waals surface area contributed by atoms with Crippen molar-refractivity contribution in [3.05, 3.63) is 24.3 Å². The fourth-order valence-electron chi connectivity index (χ4n) is 2.40. The summed E-state index contributed by atoms with van der Waals surface area (Å²) in [6.45, 7) is -1.67. The van der Waals surface area contributed by atoms with Crippen molar-refractivity contribution < 1.29 is 31.5 Å². The fraction of sp³-hybridized carbons (Fsp3) is 0.417. The van der Waals surface area contributed by atoms with Crippen molar-refractivity contribution in [2.45, 2.75) is 11.1 Å². The lowest BCUT2D eigenvalue weighted by atomic mass is 9.96. The molecule has 1 aliphatic rings. The minimum Gasteiger partial charge on any atom is -0.481 e. The summed E-state index contributed by atoms with van der Waals surface area (Å²) < 4.78 is 64.0. The molecule has 0 amide bonds. The van der Waals surface area contributed by atoms with Crippen LogP contribution in [0.1, 0.15) is 0 Å². The molecular weight excluding hydrogens is 325 g/mol. The van der Waals surface area contributed by atoms with E-state index in [2.05, 4.69) is 0 Å². The Morgan fingerprint density at radius 3 is 2.32 bits per heavy atom. The van der Waals surface area contributed by atoms with Crippen LogP contribution in [0, 0.1) is 11.8 Å². The summed E-state index contributed by atoms with van der Waals surface area (Å²) in [5, 5.41) is 8.91. The van der Waals surface area contributed by atoms with Crippen LogP contribution >= 0.6 is 0 Å². The zero-order valence-corrected chi connectivity index (χ0v) is 11.9. The van der Waals surface area contributed by atoms with E-state index >= 15 is 0 Å². The van der Waals surface area contributed by atoms with Crippen LogP contribution < -0.4 is 5.73 Å². The van der Waals surface area contributed by atoms with Gasteiger partial charge >= 0.3 is 12.1 Å². The van der Waals surface area contributed by atoms with E-state index < -0.39 is 47.1 Å². The molecule has 1 aliphatic heterocycles. The van der Waals surface area contributed by atoms with Crippen LogP contribution in [0.25, 0.3) is 0 Å². The van der Waals surface area contributed by atoms with Gasteiger partial charge in [-0.15, -0.1) is 0 Å². The number of aliphatic carboxylic acids is 1. The Balaban J connectivity index is 2.39. The minimum absolute atomic E-state index is 0.107. The minimum atomic E-state index is -4.80. The zero-order valence-electron chi connectivity index (χ0n) is 11.1. The van der Waals surface area contributed by atoms with E-state index in [1.807, 2.05) is 0 Å². The molecule has 1 heterocycles. The first-order chi connectivity index (χ1) is 10.0. The molecule has 0 unspecified atom stereocenters. The second-order valence-electron chi connectivity index (χ2n) is 4.95. The van der Waals surface area contributed by atoms with Gasteiger partial charge in [-0.2, -0.15) is 17.5 Å². The number of carbonyl (C=O) groups is 1. The van der Waals surface area contributed by atoms with Crippen LogP contribution in [-0.2, 0) is 14.8 Å². The van der Waals surface area contributed by atoms with Crippen molar-refractivity contribution in [2.75, 3.05) is 18.8 Å². The molecule has 3 N–H and O–H groups in total. The van der Waals surface area contributed by atoms with Crippen LogP contribution in [-0.4, -0.2) is 43.1 Å². The summed E-state index contributed by atoms with van der Waals surface area (Å²) in [7, 11) is -4.28. The van der Waals surface area contributed by atoms with Gasteiger partial charge in [0.1, 0.15) is 4.90 Å². The van der Waals surface area contributed by atoms with Crippen molar-refractivity contribution >= 4 is 21.7 Å². The van der Waals surface area contributed by atoms with Crippen LogP contribution in [0.4, 0.5) is 18.9 Å². The highest BCUT2D eigenvalue weighted by Crippen LogP contribution is 2.40. The zero-order chi connectivity index (χ0) is 16.7. The number of hydrogen-bond donors (Lipinski definition) is 2. The highest BCUT2D eigenvalue weighted by Gasteiger charge is 2.55. The van der Waals surface area contributed by atoms with E-state index in [-0.39, 0.29) is 10.6 Å². The summed E-state index contributed by atoms with van der Waals surface area (Å²) in [6.07, 6.45) is -4.80. The second-order valence-corrected chi connectivity index (χ2v) is 6.86. The number of nitrogens with zero attached hydrogens (tertiary/aromatic N) is 1. The average Bonchev–Trinajstić information content (AvgIpc) is 2.84. The molecule has 1 saturated heterocycles. The van der Waals surface area contributed by atoms with E-state index in [1.165, 1.54) is 24.3 Å². The molecule has 0 aromatic heterocycles. The number of alkyl halides is 3. The maximum Gasteiger partial charge on any atom is 0.393 e.